The van der Waals surface area contributed by atoms with Crippen LogP contribution in [0.5, 0.6) is 0 Å². The zero-order valence-electron chi connectivity index (χ0n) is 23.0. The van der Waals surface area contributed by atoms with Gasteiger partial charge in [-0.2, -0.15) is 5.26 Å². The lowest BCUT2D eigenvalue weighted by molar-refractivity contribution is 1.14. The highest BCUT2D eigenvalue weighted by molar-refractivity contribution is 9.14. The molecule has 0 fully saturated rings. The summed E-state index contributed by atoms with van der Waals surface area (Å²) >= 11 is 49.3. The van der Waals surface area contributed by atoms with Crippen molar-refractivity contribution in [3.8, 4) is 6.07 Å². The van der Waals surface area contributed by atoms with Crippen molar-refractivity contribution in [2.75, 3.05) is 0 Å². The third-order valence-corrected chi connectivity index (χ3v) is 21.9. The molecule has 0 unspecified atom stereocenters. The van der Waals surface area contributed by atoms with Crippen molar-refractivity contribution < 1.29 is 0 Å². The van der Waals surface area contributed by atoms with E-state index in [1.807, 2.05) is 5.38 Å². The van der Waals surface area contributed by atoms with E-state index in [2.05, 4.69) is 234 Å². The Balaban J connectivity index is 0.000000282. The number of rotatable bonds is 3. The summed E-state index contributed by atoms with van der Waals surface area (Å²) < 4.78 is 12.8. The van der Waals surface area contributed by atoms with Gasteiger partial charge in [-0.05, 0) is 212 Å². The molecule has 0 atom stereocenters. The van der Waals surface area contributed by atoms with Crippen molar-refractivity contribution >= 4 is 248 Å². The number of nitriles is 1. The molecule has 0 radical (unpaired) electrons. The number of hydrogen-bond donors (Lipinski definition) is 0. The predicted molar refractivity (Wildman–Crippen MR) is 247 cm³/mol. The first-order valence-corrected chi connectivity index (χ1v) is 25.9. The maximum absolute atomic E-state index is 8.40. The molecule has 246 valence electrons. The summed E-state index contributed by atoms with van der Waals surface area (Å²) in [7, 11) is 0. The van der Waals surface area contributed by atoms with E-state index in [1.54, 1.807) is 56.7 Å². The number of hydrogen-bond acceptors (Lipinski definition) is 6. The lowest BCUT2D eigenvalue weighted by Gasteiger charge is -1.90. The average Bonchev–Trinajstić information content (AvgIpc) is 3.76. The summed E-state index contributed by atoms with van der Waals surface area (Å²) in [5.74, 6) is 0. The molecule has 0 aliphatic heterocycles. The van der Waals surface area contributed by atoms with Gasteiger partial charge in [0, 0.05) is 60.3 Å². The Kier molecular flexibility index (Phi) is 25.9. The lowest BCUT2D eigenvalue weighted by Crippen LogP contribution is -1.77. The summed E-state index contributed by atoms with van der Waals surface area (Å²) in [6.45, 7) is 6.29. The second-order valence-electron chi connectivity index (χ2n) is 7.90. The number of thiophene rings is 5. The number of halogens is 12. The molecule has 0 saturated carbocycles. The molecule has 18 heteroatoms. The highest BCUT2D eigenvalue weighted by Crippen LogP contribution is 2.40. The van der Waals surface area contributed by atoms with E-state index in [-0.39, 0.29) is 0 Å². The molecular weight excluding hydrogens is 1460 g/mol. The fourth-order valence-corrected chi connectivity index (χ4v) is 17.0. The minimum absolute atomic E-state index is 0.463. The zero-order valence-corrected chi connectivity index (χ0v) is 46.1. The van der Waals surface area contributed by atoms with Crippen LogP contribution in [0.15, 0.2) is 66.6 Å². The van der Waals surface area contributed by atoms with Crippen molar-refractivity contribution in [2.45, 2.75) is 38.9 Å². The maximum Gasteiger partial charge on any atom is 0.0855 e. The Labute approximate surface area is 385 Å². The molecule has 0 aromatic carbocycles. The Morgan fingerprint density at radius 3 is 1.16 bits per heavy atom. The molecule has 5 rings (SSSR count). The van der Waals surface area contributed by atoms with Gasteiger partial charge in [-0.3, -0.25) is 0 Å². The van der Waals surface area contributed by atoms with Crippen LogP contribution in [0.3, 0.4) is 0 Å². The molecule has 5 aromatic rings. The minimum atomic E-state index is 0.463. The highest BCUT2D eigenvalue weighted by Gasteiger charge is 2.08. The smallest absolute Gasteiger partial charge is 0.0855 e. The molecule has 1 nitrogen and oxygen atoms in total. The van der Waals surface area contributed by atoms with Crippen LogP contribution in [-0.4, -0.2) is 0 Å². The fraction of sp³-hybridized carbons (Fsp3) is 0.222. The molecule has 5 heterocycles. The fourth-order valence-electron chi connectivity index (χ4n) is 2.48. The molecule has 0 N–H and O–H groups in total. The quantitative estimate of drug-likeness (QED) is 0.165. The van der Waals surface area contributed by atoms with Crippen molar-refractivity contribution in [3.05, 3.63) is 94.4 Å². The van der Waals surface area contributed by atoms with E-state index in [9.17, 15) is 0 Å². The largest absolute Gasteiger partial charge is 0.198 e. The third-order valence-electron chi connectivity index (χ3n) is 5.01. The summed E-state index contributed by atoms with van der Waals surface area (Å²) in [6, 6.07) is 2.10. The first kappa shape index (κ1) is 46.8. The number of nitrogens with zero attached hydrogens (tertiary/aromatic N) is 1. The van der Waals surface area contributed by atoms with Crippen molar-refractivity contribution in [1.82, 2.24) is 0 Å². The summed E-state index contributed by atoms with van der Waals surface area (Å²) in [5, 5.41) is 17.5. The van der Waals surface area contributed by atoms with E-state index >= 15 is 0 Å². The van der Waals surface area contributed by atoms with Crippen LogP contribution in [0.4, 0.5) is 0 Å². The van der Waals surface area contributed by atoms with Gasteiger partial charge in [0.25, 0.3) is 0 Å². The first-order chi connectivity index (χ1) is 21.1. The molecule has 0 amide bonds. The topological polar surface area (TPSA) is 23.8 Å². The van der Waals surface area contributed by atoms with Gasteiger partial charge < -0.3 is 0 Å². The normalized spacial score (nSPS) is 9.91. The van der Waals surface area contributed by atoms with E-state index in [1.165, 1.54) is 50.8 Å². The molecule has 0 bridgehead atoms. The molecule has 0 spiro atoms. The summed E-state index contributed by atoms with van der Waals surface area (Å²) in [4.78, 5) is 0. The van der Waals surface area contributed by atoms with Crippen LogP contribution in [0, 0.1) is 25.2 Å². The van der Waals surface area contributed by atoms with Crippen LogP contribution in [0.2, 0.25) is 0 Å². The molecule has 5 aromatic heterocycles. The van der Waals surface area contributed by atoms with Gasteiger partial charge in [0.05, 0.1) is 35.2 Å². The Morgan fingerprint density at radius 1 is 0.556 bits per heavy atom. The first-order valence-electron chi connectivity index (χ1n) is 11.8. The van der Waals surface area contributed by atoms with Gasteiger partial charge in [-0.1, -0.05) is 22.9 Å². The second-order valence-corrected chi connectivity index (χ2v) is 25.1. The lowest BCUT2D eigenvalue weighted by atomic mass is 10.3. The van der Waals surface area contributed by atoms with Crippen molar-refractivity contribution in [1.29, 1.82) is 5.26 Å². The summed E-state index contributed by atoms with van der Waals surface area (Å²) in [6.07, 6.45) is 1.55. The van der Waals surface area contributed by atoms with Gasteiger partial charge in [0.15, 0.2) is 0 Å². The predicted octanol–water partition coefficient (Wildman–Crippen LogP) is 19.3. The Morgan fingerprint density at radius 2 is 0.978 bits per heavy atom. The van der Waals surface area contributed by atoms with Gasteiger partial charge in [-0.25, -0.2) is 0 Å². The van der Waals surface area contributed by atoms with Crippen molar-refractivity contribution in [2.24, 2.45) is 0 Å². The van der Waals surface area contributed by atoms with Gasteiger partial charge in [0.1, 0.15) is 0 Å². The monoisotopic (exact) mass is 1460 g/mol. The van der Waals surface area contributed by atoms with Crippen LogP contribution in [0.25, 0.3) is 0 Å². The highest BCUT2D eigenvalue weighted by atomic mass is 79.9. The SMILES string of the molecule is BrCc1c(Br)csc1Br.CCc1c(Br)csc1Br.Cc1c(Br)csc1Br.Cc1c(Br)sc(Br)c1Br.N#CCc1c(Br)csc1Br. The second kappa shape index (κ2) is 24.9. The third kappa shape index (κ3) is 16.1. The van der Waals surface area contributed by atoms with Crippen LogP contribution >= 0.6 is 248 Å². The van der Waals surface area contributed by atoms with Crippen molar-refractivity contribution in [3.63, 3.8) is 0 Å². The standard InChI is InChI=1S/C6H3Br2NS.C6H6Br2S.2C5H3Br3S.C5H4Br2S/c7-5-3-10-6(8)4(5)1-2-9;1-2-4-5(7)3-9-6(4)8;6-1-3-4(7)2-9-5(3)8;1-2-3(6)5(8)9-4(2)7;1-3-4(6)2-8-5(3)7/h3H,1H2;3H,2H2,1H3;2H,1H2;1H3;2H,1H3. The molecule has 0 aliphatic rings. The van der Waals surface area contributed by atoms with Gasteiger partial charge in [-0.15, -0.1) is 56.7 Å². The van der Waals surface area contributed by atoms with E-state index < -0.39 is 0 Å². The van der Waals surface area contributed by atoms with E-state index in [0.29, 0.717) is 6.42 Å². The Hall–Kier alpha value is 3.75. The summed E-state index contributed by atoms with van der Waals surface area (Å²) in [5.41, 5.74) is 6.26. The average molecular weight is 1480 g/mol. The molecule has 0 aliphatic carbocycles. The Bertz CT molecular complexity index is 1530. The van der Waals surface area contributed by atoms with Crippen LogP contribution < -0.4 is 0 Å². The minimum Gasteiger partial charge on any atom is -0.198 e. The van der Waals surface area contributed by atoms with Gasteiger partial charge >= 0.3 is 0 Å². The number of alkyl halides is 1. The molecular formula is C27H19Br12NS5. The van der Waals surface area contributed by atoms with E-state index in [0.717, 1.165) is 33.8 Å². The maximum atomic E-state index is 8.40. The molecule has 0 saturated heterocycles. The van der Waals surface area contributed by atoms with E-state index in [4.69, 9.17) is 5.26 Å². The zero-order chi connectivity index (χ0) is 34.4. The van der Waals surface area contributed by atoms with Crippen LogP contribution in [-0.2, 0) is 18.2 Å². The van der Waals surface area contributed by atoms with Gasteiger partial charge in [0.2, 0.25) is 0 Å². The molecule has 45 heavy (non-hydrogen) atoms. The van der Waals surface area contributed by atoms with Crippen LogP contribution in [0.1, 0.15) is 34.7 Å².